The number of nitrogens with one attached hydrogen (secondary N) is 1. The lowest BCUT2D eigenvalue weighted by Crippen LogP contribution is -2.47. The second-order valence-corrected chi connectivity index (χ2v) is 4.75. The van der Waals surface area contributed by atoms with E-state index in [0.717, 1.165) is 0 Å². The quantitative estimate of drug-likeness (QED) is 0.768. The van der Waals surface area contributed by atoms with Crippen molar-refractivity contribution in [3.05, 3.63) is 28.8 Å². The number of primary amides is 1. The van der Waals surface area contributed by atoms with E-state index in [1.54, 1.807) is 12.1 Å². The average Bonchev–Trinajstić information content (AvgIpc) is 2.78. The Morgan fingerprint density at radius 1 is 1.47 bits per heavy atom. The van der Waals surface area contributed by atoms with Crippen LogP contribution in [0, 0.1) is 0 Å². The first kappa shape index (κ1) is 13.6. The molecule has 0 aliphatic carbocycles. The van der Waals surface area contributed by atoms with Crippen molar-refractivity contribution in [2.24, 2.45) is 5.73 Å². The molecule has 4 N–H and O–H groups in total. The maximum absolute atomic E-state index is 11.4. The van der Waals surface area contributed by atoms with Gasteiger partial charge < -0.3 is 20.9 Å². The second-order valence-electron chi connectivity index (χ2n) is 4.34. The number of hydrogen-bond acceptors (Lipinski definition) is 4. The van der Waals surface area contributed by atoms with Crippen molar-refractivity contribution in [1.82, 2.24) is 0 Å². The van der Waals surface area contributed by atoms with Crippen molar-refractivity contribution in [3.8, 4) is 0 Å². The number of nitrogens with two attached hydrogens (primary N) is 1. The van der Waals surface area contributed by atoms with E-state index in [0.29, 0.717) is 18.7 Å². The minimum absolute atomic E-state index is 0.0209. The summed E-state index contributed by atoms with van der Waals surface area (Å²) in [7, 11) is 0. The molecule has 6 nitrogen and oxygen atoms in total. The minimum atomic E-state index is -1.26. The number of benzene rings is 1. The molecule has 1 heterocycles. The Labute approximate surface area is 114 Å². The van der Waals surface area contributed by atoms with Crippen LogP contribution in [-0.2, 0) is 9.53 Å². The van der Waals surface area contributed by atoms with E-state index < -0.39 is 17.4 Å². The normalized spacial score (nSPS) is 22.2. The molecule has 1 aromatic carbocycles. The van der Waals surface area contributed by atoms with Gasteiger partial charge in [-0.1, -0.05) is 17.7 Å². The third kappa shape index (κ3) is 2.50. The highest BCUT2D eigenvalue weighted by Gasteiger charge is 2.43. The van der Waals surface area contributed by atoms with Crippen LogP contribution in [0.25, 0.3) is 0 Å². The van der Waals surface area contributed by atoms with E-state index in [-0.39, 0.29) is 17.2 Å². The van der Waals surface area contributed by atoms with Crippen LogP contribution < -0.4 is 11.1 Å². The zero-order valence-electron chi connectivity index (χ0n) is 9.98. The summed E-state index contributed by atoms with van der Waals surface area (Å²) in [5.74, 6) is -1.76. The number of carbonyl (C=O) groups is 2. The van der Waals surface area contributed by atoms with Crippen LogP contribution in [0.3, 0.4) is 0 Å². The van der Waals surface area contributed by atoms with Crippen LogP contribution in [0.1, 0.15) is 16.8 Å². The predicted octanol–water partition coefficient (Wildman–Crippen LogP) is 1.09. The highest BCUT2D eigenvalue weighted by Crippen LogP contribution is 2.30. The maximum atomic E-state index is 11.4. The van der Waals surface area contributed by atoms with Gasteiger partial charge in [-0.25, -0.2) is 4.79 Å². The van der Waals surface area contributed by atoms with Gasteiger partial charge in [-0.3, -0.25) is 4.79 Å². The molecule has 0 aromatic heterocycles. The van der Waals surface area contributed by atoms with E-state index in [4.69, 9.17) is 22.1 Å². The first-order valence-corrected chi connectivity index (χ1v) is 6.02. The van der Waals surface area contributed by atoms with Crippen LogP contribution in [-0.4, -0.2) is 35.7 Å². The van der Waals surface area contributed by atoms with Crippen LogP contribution >= 0.6 is 11.6 Å². The molecular formula is C12H13ClN2O4. The number of anilines is 1. The molecule has 19 heavy (non-hydrogen) atoms. The van der Waals surface area contributed by atoms with Crippen molar-refractivity contribution in [2.45, 2.75) is 12.0 Å². The van der Waals surface area contributed by atoms with Crippen molar-refractivity contribution >= 4 is 29.2 Å². The summed E-state index contributed by atoms with van der Waals surface area (Å²) in [6.07, 6.45) is 0.299. The molecule has 1 saturated heterocycles. The summed E-state index contributed by atoms with van der Waals surface area (Å²) < 4.78 is 5.13. The number of halogens is 1. The summed E-state index contributed by atoms with van der Waals surface area (Å²) in [6, 6.07) is 4.70. The Balaban J connectivity index is 2.40. The number of amides is 1. The Bertz CT molecular complexity index is 526. The van der Waals surface area contributed by atoms with E-state index in [2.05, 4.69) is 5.32 Å². The lowest BCUT2D eigenvalue weighted by molar-refractivity contribution is -0.142. The molecule has 1 fully saturated rings. The third-order valence-electron chi connectivity index (χ3n) is 3.06. The number of hydrogen-bond donors (Lipinski definition) is 3. The molecule has 0 saturated carbocycles. The Morgan fingerprint density at radius 2 is 2.21 bits per heavy atom. The summed E-state index contributed by atoms with van der Waals surface area (Å²) in [5.41, 5.74) is 4.39. The number of aliphatic carboxylic acids is 1. The summed E-state index contributed by atoms with van der Waals surface area (Å²) in [6.45, 7) is 0.360. The first-order valence-electron chi connectivity index (χ1n) is 5.64. The monoisotopic (exact) mass is 284 g/mol. The van der Waals surface area contributed by atoms with E-state index in [9.17, 15) is 14.7 Å². The van der Waals surface area contributed by atoms with Gasteiger partial charge >= 0.3 is 5.97 Å². The minimum Gasteiger partial charge on any atom is -0.479 e. The molecular weight excluding hydrogens is 272 g/mol. The number of carbonyl (C=O) groups excluding carboxylic acids is 1. The number of rotatable bonds is 4. The number of carboxylic acids is 1. The average molecular weight is 285 g/mol. The van der Waals surface area contributed by atoms with Gasteiger partial charge in [0.1, 0.15) is 0 Å². The molecule has 1 atom stereocenters. The lowest BCUT2D eigenvalue weighted by Gasteiger charge is -2.26. The highest BCUT2D eigenvalue weighted by molar-refractivity contribution is 6.34. The van der Waals surface area contributed by atoms with Gasteiger partial charge in [0.25, 0.3) is 5.91 Å². The topological polar surface area (TPSA) is 102 Å². The molecule has 2 rings (SSSR count). The SMILES string of the molecule is NC(=O)c1c(Cl)cccc1NC1(C(=O)O)CCOC1. The molecule has 1 amide bonds. The zero-order chi connectivity index (χ0) is 14.0. The summed E-state index contributed by atoms with van der Waals surface area (Å²) >= 11 is 5.92. The lowest BCUT2D eigenvalue weighted by atomic mass is 9.97. The molecule has 1 unspecified atom stereocenters. The van der Waals surface area contributed by atoms with Crippen molar-refractivity contribution in [2.75, 3.05) is 18.5 Å². The highest BCUT2D eigenvalue weighted by atomic mass is 35.5. The van der Waals surface area contributed by atoms with Crippen LogP contribution in [0.4, 0.5) is 5.69 Å². The zero-order valence-corrected chi connectivity index (χ0v) is 10.7. The molecule has 0 radical (unpaired) electrons. The van der Waals surface area contributed by atoms with Crippen molar-refractivity contribution in [3.63, 3.8) is 0 Å². The third-order valence-corrected chi connectivity index (χ3v) is 3.38. The first-order chi connectivity index (χ1) is 8.96. The fourth-order valence-electron chi connectivity index (χ4n) is 2.02. The predicted molar refractivity (Wildman–Crippen MR) is 69.4 cm³/mol. The maximum Gasteiger partial charge on any atom is 0.331 e. The fraction of sp³-hybridized carbons (Fsp3) is 0.333. The molecule has 0 spiro atoms. The van der Waals surface area contributed by atoms with Crippen LogP contribution in [0.2, 0.25) is 5.02 Å². The van der Waals surface area contributed by atoms with Crippen LogP contribution in [0.15, 0.2) is 18.2 Å². The largest absolute Gasteiger partial charge is 0.479 e. The molecule has 7 heteroatoms. The Hall–Kier alpha value is -1.79. The second kappa shape index (κ2) is 5.07. The van der Waals surface area contributed by atoms with Gasteiger partial charge in [-0.05, 0) is 12.1 Å². The van der Waals surface area contributed by atoms with Gasteiger partial charge in [0.2, 0.25) is 0 Å². The molecule has 1 aliphatic heterocycles. The fourth-order valence-corrected chi connectivity index (χ4v) is 2.29. The molecule has 1 aromatic rings. The van der Waals surface area contributed by atoms with E-state index in [1.165, 1.54) is 6.07 Å². The van der Waals surface area contributed by atoms with Gasteiger partial charge in [-0.15, -0.1) is 0 Å². The van der Waals surface area contributed by atoms with E-state index in [1.807, 2.05) is 0 Å². The van der Waals surface area contributed by atoms with Crippen molar-refractivity contribution in [1.29, 1.82) is 0 Å². The summed E-state index contributed by atoms with van der Waals surface area (Å²) in [5, 5.41) is 12.3. The Kier molecular flexibility index (Phi) is 3.64. The van der Waals surface area contributed by atoms with Crippen LogP contribution in [0.5, 0.6) is 0 Å². The van der Waals surface area contributed by atoms with E-state index >= 15 is 0 Å². The smallest absolute Gasteiger partial charge is 0.331 e. The van der Waals surface area contributed by atoms with Gasteiger partial charge in [0.15, 0.2) is 5.54 Å². The van der Waals surface area contributed by atoms with Gasteiger partial charge in [0, 0.05) is 18.7 Å². The summed E-state index contributed by atoms with van der Waals surface area (Å²) in [4.78, 5) is 22.8. The van der Waals surface area contributed by atoms with Gasteiger partial charge in [-0.2, -0.15) is 0 Å². The van der Waals surface area contributed by atoms with Gasteiger partial charge in [0.05, 0.1) is 17.2 Å². The van der Waals surface area contributed by atoms with Crippen molar-refractivity contribution < 1.29 is 19.4 Å². The molecule has 0 bridgehead atoms. The number of ether oxygens (including phenoxy) is 1. The standard InChI is InChI=1S/C12H13ClN2O4/c13-7-2-1-3-8(9(7)10(14)16)15-12(11(17)18)4-5-19-6-12/h1-3,15H,4-6H2,(H2,14,16)(H,17,18). The Morgan fingerprint density at radius 3 is 2.74 bits per heavy atom. The number of carboxylic acid groups (broad SMARTS) is 1. The molecule has 1 aliphatic rings. The molecule has 102 valence electrons.